The normalized spacial score (nSPS) is 57.6. The van der Waals surface area contributed by atoms with Crippen LogP contribution < -0.4 is 0 Å². The SMILES string of the molecule is C[C@H](CCC1OC1(C)C)[C@H]1CC[C@@]2(C)[C@@H]3CCC4C(C)(C)[C@@H](O)CC[C@@]45C[C@@]35CC[C@]12C. The number of aliphatic hydroxyl groups excluding tert-OH is 1. The summed E-state index contributed by atoms with van der Waals surface area (Å²) in [6.07, 6.45) is 15.5. The second kappa shape index (κ2) is 6.37. The summed E-state index contributed by atoms with van der Waals surface area (Å²) in [5.74, 6) is 3.40. The highest BCUT2D eigenvalue weighted by molar-refractivity contribution is 5.30. The summed E-state index contributed by atoms with van der Waals surface area (Å²) in [4.78, 5) is 0. The van der Waals surface area contributed by atoms with E-state index in [1.165, 1.54) is 64.2 Å². The van der Waals surface area contributed by atoms with Crippen LogP contribution in [0.15, 0.2) is 0 Å². The fourth-order valence-corrected chi connectivity index (χ4v) is 11.7. The first-order chi connectivity index (χ1) is 14.8. The number of rotatable bonds is 4. The van der Waals surface area contributed by atoms with E-state index >= 15 is 0 Å². The first-order valence-corrected chi connectivity index (χ1v) is 14.2. The molecule has 1 saturated heterocycles. The lowest BCUT2D eigenvalue weighted by molar-refractivity contribution is -0.161. The number of hydrogen-bond acceptors (Lipinski definition) is 2. The fourth-order valence-electron chi connectivity index (χ4n) is 11.7. The highest BCUT2D eigenvalue weighted by atomic mass is 16.6. The van der Waals surface area contributed by atoms with Crippen LogP contribution in [0.4, 0.5) is 0 Å². The third kappa shape index (κ3) is 2.51. The lowest BCUT2D eigenvalue weighted by Crippen LogP contribution is -2.57. The number of aliphatic hydroxyl groups is 1. The Bertz CT molecular complexity index is 801. The van der Waals surface area contributed by atoms with Gasteiger partial charge < -0.3 is 9.84 Å². The van der Waals surface area contributed by atoms with E-state index in [1.807, 2.05) is 0 Å². The molecule has 0 aromatic rings. The Kier molecular flexibility index (Phi) is 4.46. The molecule has 2 heteroatoms. The van der Waals surface area contributed by atoms with Crippen molar-refractivity contribution < 1.29 is 9.84 Å². The van der Waals surface area contributed by atoms with Crippen LogP contribution in [-0.2, 0) is 4.74 Å². The van der Waals surface area contributed by atoms with Crippen LogP contribution >= 0.6 is 0 Å². The smallest absolute Gasteiger partial charge is 0.0892 e. The maximum absolute atomic E-state index is 10.9. The molecule has 5 aliphatic carbocycles. The molecule has 0 amide bonds. The topological polar surface area (TPSA) is 32.8 Å². The van der Waals surface area contributed by atoms with Crippen LogP contribution in [0.25, 0.3) is 0 Å². The van der Waals surface area contributed by atoms with E-state index < -0.39 is 0 Å². The quantitative estimate of drug-likeness (QED) is 0.461. The molecule has 6 aliphatic rings. The monoisotopic (exact) mass is 442 g/mol. The maximum Gasteiger partial charge on any atom is 0.0892 e. The van der Waals surface area contributed by atoms with Gasteiger partial charge in [0.1, 0.15) is 0 Å². The van der Waals surface area contributed by atoms with Crippen molar-refractivity contribution in [2.24, 2.45) is 50.7 Å². The zero-order valence-electron chi connectivity index (χ0n) is 22.1. The standard InChI is InChI=1S/C30H50O2/c1-19(8-11-24-26(4,5)32-24)20-12-14-28(7)22-10-9-21-25(2,3)23(31)13-15-29(21)18-30(22,29)17-16-27(20,28)6/h19-24,31H,8-18H2,1-7H3/t19-,20-,21?,22+,23+,24?,27-,28+,29-,30+/m1/s1. The largest absolute Gasteiger partial charge is 0.393 e. The average molecular weight is 443 g/mol. The molecule has 6 fully saturated rings. The van der Waals surface area contributed by atoms with Crippen molar-refractivity contribution in [3.8, 4) is 0 Å². The van der Waals surface area contributed by atoms with E-state index in [1.54, 1.807) is 0 Å². The molecule has 0 aromatic heterocycles. The third-order valence-electron chi connectivity index (χ3n) is 13.9. The Morgan fingerprint density at radius 2 is 1.47 bits per heavy atom. The molecular formula is C30H50O2. The van der Waals surface area contributed by atoms with Crippen molar-refractivity contribution in [1.82, 2.24) is 0 Å². The van der Waals surface area contributed by atoms with Gasteiger partial charge in [-0.15, -0.1) is 0 Å². The minimum absolute atomic E-state index is 0.0890. The van der Waals surface area contributed by atoms with Crippen LogP contribution in [0.5, 0.6) is 0 Å². The maximum atomic E-state index is 10.9. The molecular weight excluding hydrogens is 392 g/mol. The summed E-state index contributed by atoms with van der Waals surface area (Å²) >= 11 is 0. The molecule has 0 radical (unpaired) electrons. The second-order valence-corrected chi connectivity index (χ2v) is 15.3. The summed E-state index contributed by atoms with van der Waals surface area (Å²) in [5, 5.41) is 10.9. The van der Waals surface area contributed by atoms with Crippen LogP contribution in [0.3, 0.4) is 0 Å². The van der Waals surface area contributed by atoms with Gasteiger partial charge in [0, 0.05) is 0 Å². The Morgan fingerprint density at radius 3 is 2.16 bits per heavy atom. The van der Waals surface area contributed by atoms with Crippen LogP contribution in [0.2, 0.25) is 0 Å². The van der Waals surface area contributed by atoms with E-state index in [4.69, 9.17) is 4.74 Å². The molecule has 6 rings (SSSR count). The molecule has 2 nitrogen and oxygen atoms in total. The lowest BCUT2D eigenvalue weighted by atomic mass is 9.41. The second-order valence-electron chi connectivity index (χ2n) is 15.3. The van der Waals surface area contributed by atoms with E-state index in [0.717, 1.165) is 30.1 Å². The summed E-state index contributed by atoms with van der Waals surface area (Å²) in [6, 6.07) is 0. The molecule has 0 bridgehead atoms. The van der Waals surface area contributed by atoms with E-state index in [0.29, 0.717) is 27.8 Å². The zero-order chi connectivity index (χ0) is 22.9. The van der Waals surface area contributed by atoms with Crippen LogP contribution in [0.1, 0.15) is 119 Å². The van der Waals surface area contributed by atoms with Crippen molar-refractivity contribution in [3.63, 3.8) is 0 Å². The Balaban J connectivity index is 1.24. The number of fused-ring (bicyclic) bond motifs is 2. The van der Waals surface area contributed by atoms with Gasteiger partial charge in [-0.25, -0.2) is 0 Å². The summed E-state index contributed by atoms with van der Waals surface area (Å²) in [6.45, 7) is 17.3. The first kappa shape index (κ1) is 22.4. The molecule has 1 N–H and O–H groups in total. The number of hydrogen-bond donors (Lipinski definition) is 1. The van der Waals surface area contributed by atoms with Crippen molar-refractivity contribution >= 4 is 0 Å². The Hall–Kier alpha value is -0.0800. The minimum Gasteiger partial charge on any atom is -0.393 e. The molecule has 5 saturated carbocycles. The molecule has 1 heterocycles. The van der Waals surface area contributed by atoms with Crippen molar-refractivity contribution in [2.75, 3.05) is 0 Å². The summed E-state index contributed by atoms with van der Waals surface area (Å²) in [5.41, 5.74) is 2.48. The van der Waals surface area contributed by atoms with Gasteiger partial charge in [0.25, 0.3) is 0 Å². The van der Waals surface area contributed by atoms with Crippen LogP contribution in [0, 0.1) is 50.7 Å². The molecule has 32 heavy (non-hydrogen) atoms. The number of epoxide rings is 1. The molecule has 0 aromatic carbocycles. The van der Waals surface area contributed by atoms with Crippen LogP contribution in [-0.4, -0.2) is 22.9 Å². The van der Waals surface area contributed by atoms with Gasteiger partial charge in [0.15, 0.2) is 0 Å². The predicted octanol–water partition coefficient (Wildman–Crippen LogP) is 7.38. The molecule has 1 aliphatic heterocycles. The minimum atomic E-state index is -0.0890. The Labute approximate surface area is 197 Å². The fraction of sp³-hybridized carbons (Fsp3) is 1.00. The third-order valence-corrected chi connectivity index (χ3v) is 13.9. The molecule has 2 unspecified atom stereocenters. The predicted molar refractivity (Wildman–Crippen MR) is 130 cm³/mol. The van der Waals surface area contributed by atoms with E-state index in [9.17, 15) is 5.11 Å². The molecule has 182 valence electrons. The highest BCUT2D eigenvalue weighted by Crippen LogP contribution is 2.89. The lowest BCUT2D eigenvalue weighted by Gasteiger charge is -2.63. The van der Waals surface area contributed by atoms with Gasteiger partial charge >= 0.3 is 0 Å². The Morgan fingerprint density at radius 1 is 0.812 bits per heavy atom. The van der Waals surface area contributed by atoms with Gasteiger partial charge in [-0.05, 0) is 135 Å². The number of ether oxygens (including phenoxy) is 1. The highest BCUT2D eigenvalue weighted by Gasteiger charge is 2.82. The van der Waals surface area contributed by atoms with Crippen molar-refractivity contribution in [1.29, 1.82) is 0 Å². The zero-order valence-corrected chi connectivity index (χ0v) is 22.1. The summed E-state index contributed by atoms with van der Waals surface area (Å²) < 4.78 is 5.91. The van der Waals surface area contributed by atoms with E-state index in [2.05, 4.69) is 48.5 Å². The van der Waals surface area contributed by atoms with Gasteiger partial charge in [-0.3, -0.25) is 0 Å². The van der Waals surface area contributed by atoms with Crippen molar-refractivity contribution in [2.45, 2.75) is 137 Å². The van der Waals surface area contributed by atoms with Crippen molar-refractivity contribution in [3.05, 3.63) is 0 Å². The van der Waals surface area contributed by atoms with E-state index in [-0.39, 0.29) is 17.1 Å². The molecule has 2 spiro atoms. The van der Waals surface area contributed by atoms with Gasteiger partial charge in [0.05, 0.1) is 17.8 Å². The average Bonchev–Trinajstić information content (AvgIpc) is 3.53. The summed E-state index contributed by atoms with van der Waals surface area (Å²) in [7, 11) is 0. The van der Waals surface area contributed by atoms with Gasteiger partial charge in [-0.1, -0.05) is 34.6 Å². The van der Waals surface area contributed by atoms with Gasteiger partial charge in [0.2, 0.25) is 0 Å². The molecule has 10 atom stereocenters. The first-order valence-electron chi connectivity index (χ1n) is 14.2. The van der Waals surface area contributed by atoms with Gasteiger partial charge in [-0.2, -0.15) is 0 Å².